The molecule has 0 radical (unpaired) electrons. The number of hydrogen-bond donors (Lipinski definition) is 5. The van der Waals surface area contributed by atoms with E-state index in [1.807, 2.05) is 5.32 Å². The van der Waals surface area contributed by atoms with Gasteiger partial charge in [-0.2, -0.15) is 9.97 Å². The first kappa shape index (κ1) is 15.5. The molecule has 8 N–H and O–H groups in total. The lowest BCUT2D eigenvalue weighted by Gasteiger charge is -2.25. The van der Waals surface area contributed by atoms with Crippen LogP contribution in [0.2, 0.25) is 0 Å². The monoisotopic (exact) mass is 339 g/mol. The molecule has 0 bridgehead atoms. The quantitative estimate of drug-likeness (QED) is 0.396. The Morgan fingerprint density at radius 3 is 2.92 bits per heavy atom. The number of nitrogens with two attached hydrogens (primary N) is 3. The summed E-state index contributed by atoms with van der Waals surface area (Å²) in [5.41, 5.74) is 14.2. The van der Waals surface area contributed by atoms with E-state index in [-0.39, 0.29) is 17.5 Å². The molecule has 128 valence electrons. The molecule has 4 rings (SSSR count). The molecule has 0 saturated carbocycles. The number of nitrogen functional groups attached to an aromatic ring is 2. The van der Waals surface area contributed by atoms with Gasteiger partial charge in [-0.05, 0) is 18.2 Å². The smallest absolute Gasteiger partial charge is 0.292 e. The van der Waals surface area contributed by atoms with Crippen LogP contribution in [0.15, 0.2) is 28.9 Å². The van der Waals surface area contributed by atoms with Crippen molar-refractivity contribution >= 4 is 34.5 Å². The average molecular weight is 339 g/mol. The summed E-state index contributed by atoms with van der Waals surface area (Å²) in [6.07, 6.45) is 1.43. The molecule has 1 aliphatic heterocycles. The number of oxazole rings is 1. The zero-order valence-corrected chi connectivity index (χ0v) is 13.5. The third-order valence-corrected chi connectivity index (χ3v) is 4.36. The minimum absolute atomic E-state index is 0.101. The van der Waals surface area contributed by atoms with Crippen LogP contribution in [0.25, 0.3) is 11.1 Å². The number of nitrogens with zero attached hydrogens (tertiary/aromatic N) is 3. The Morgan fingerprint density at radius 1 is 1.32 bits per heavy atom. The lowest BCUT2D eigenvalue weighted by atomic mass is 10.0. The zero-order valence-electron chi connectivity index (χ0n) is 13.5. The van der Waals surface area contributed by atoms with Crippen LogP contribution in [0.4, 0.5) is 17.7 Å². The Morgan fingerprint density at radius 2 is 2.16 bits per heavy atom. The highest BCUT2D eigenvalue weighted by Gasteiger charge is 2.23. The maximum atomic E-state index is 8.60. The Balaban J connectivity index is 1.67. The second-order valence-corrected chi connectivity index (χ2v) is 6.09. The topological polar surface area (TPSA) is 156 Å². The Kier molecular flexibility index (Phi) is 3.79. The zero-order chi connectivity index (χ0) is 17.4. The summed E-state index contributed by atoms with van der Waals surface area (Å²) in [5.74, 6) is 1.58. The molecule has 9 nitrogen and oxygen atoms in total. The van der Waals surface area contributed by atoms with E-state index in [1.54, 1.807) is 18.2 Å². The second kappa shape index (κ2) is 6.11. The first-order chi connectivity index (χ1) is 12.1. The lowest BCUT2D eigenvalue weighted by Crippen LogP contribution is -2.82. The Labute approximate surface area is 143 Å². The third kappa shape index (κ3) is 2.90. The molecule has 0 aliphatic carbocycles. The van der Waals surface area contributed by atoms with Crippen molar-refractivity contribution in [2.75, 3.05) is 31.1 Å². The first-order valence-electron chi connectivity index (χ1n) is 8.01. The van der Waals surface area contributed by atoms with E-state index in [0.717, 1.165) is 19.6 Å². The van der Waals surface area contributed by atoms with E-state index in [1.165, 1.54) is 6.33 Å². The van der Waals surface area contributed by atoms with Crippen LogP contribution in [0, 0.1) is 11.3 Å². The molecule has 2 aromatic heterocycles. The number of anilines is 2. The maximum Gasteiger partial charge on any atom is 0.292 e. The molecule has 0 unspecified atom stereocenters. The van der Waals surface area contributed by atoms with Crippen molar-refractivity contribution in [3.05, 3.63) is 35.7 Å². The minimum atomic E-state index is 0.101. The van der Waals surface area contributed by atoms with Gasteiger partial charge in [0.15, 0.2) is 5.58 Å². The van der Waals surface area contributed by atoms with Crippen molar-refractivity contribution in [2.45, 2.75) is 0 Å². The van der Waals surface area contributed by atoms with Crippen LogP contribution < -0.4 is 22.1 Å². The molecule has 0 atom stereocenters. The number of nitrogens with one attached hydrogen (secondary N) is 2. The fourth-order valence-corrected chi connectivity index (χ4v) is 2.86. The number of benzene rings is 1. The van der Waals surface area contributed by atoms with E-state index in [0.29, 0.717) is 34.0 Å². The molecule has 1 aliphatic rings. The minimum Gasteiger partial charge on any atom is -0.424 e. The predicted octanol–water partition coefficient (Wildman–Crippen LogP) is -0.387. The van der Waals surface area contributed by atoms with Gasteiger partial charge in [0.05, 0.1) is 12.3 Å². The number of hydrogen-bond acceptors (Lipinski definition) is 8. The van der Waals surface area contributed by atoms with Crippen molar-refractivity contribution in [1.29, 1.82) is 5.41 Å². The van der Waals surface area contributed by atoms with Crippen LogP contribution in [0.3, 0.4) is 0 Å². The summed E-state index contributed by atoms with van der Waals surface area (Å²) in [6, 6.07) is 5.38. The number of aromatic nitrogens is 3. The van der Waals surface area contributed by atoms with Gasteiger partial charge in [-0.3, -0.25) is 10.7 Å². The molecular formula is C16H19N8O+. The SMILES string of the molecule is N=C(c1ccc2oc(N)nc2c1)c1c(N)ncnc1[NH2+]CC1CNC1. The van der Waals surface area contributed by atoms with Gasteiger partial charge < -0.3 is 21.2 Å². The van der Waals surface area contributed by atoms with E-state index in [4.69, 9.17) is 21.3 Å². The molecule has 1 aromatic carbocycles. The molecule has 1 fully saturated rings. The van der Waals surface area contributed by atoms with Crippen molar-refractivity contribution in [2.24, 2.45) is 5.92 Å². The largest absolute Gasteiger partial charge is 0.424 e. The van der Waals surface area contributed by atoms with Crippen LogP contribution in [-0.2, 0) is 0 Å². The van der Waals surface area contributed by atoms with Gasteiger partial charge in [-0.1, -0.05) is 0 Å². The Hall–Kier alpha value is -3.04. The first-order valence-corrected chi connectivity index (χ1v) is 8.01. The second-order valence-electron chi connectivity index (χ2n) is 6.09. The normalized spacial score (nSPS) is 14.6. The van der Waals surface area contributed by atoms with Crippen LogP contribution in [0.1, 0.15) is 11.1 Å². The molecule has 3 heterocycles. The van der Waals surface area contributed by atoms with Crippen LogP contribution in [-0.4, -0.2) is 40.3 Å². The van der Waals surface area contributed by atoms with Crippen molar-refractivity contribution in [3.63, 3.8) is 0 Å². The van der Waals surface area contributed by atoms with Gasteiger partial charge in [0, 0.05) is 24.6 Å². The van der Waals surface area contributed by atoms with Gasteiger partial charge in [-0.25, -0.2) is 4.98 Å². The fourth-order valence-electron chi connectivity index (χ4n) is 2.86. The summed E-state index contributed by atoms with van der Waals surface area (Å²) >= 11 is 0. The van der Waals surface area contributed by atoms with E-state index < -0.39 is 0 Å². The summed E-state index contributed by atoms with van der Waals surface area (Å²) in [5, 5.41) is 13.9. The molecular weight excluding hydrogens is 320 g/mol. The van der Waals surface area contributed by atoms with Crippen molar-refractivity contribution in [1.82, 2.24) is 20.3 Å². The summed E-state index contributed by atoms with van der Waals surface area (Å²) in [6.45, 7) is 2.91. The van der Waals surface area contributed by atoms with Crippen molar-refractivity contribution in [3.8, 4) is 0 Å². The predicted molar refractivity (Wildman–Crippen MR) is 93.6 cm³/mol. The van der Waals surface area contributed by atoms with E-state index in [9.17, 15) is 0 Å². The standard InChI is InChI=1S/C16H18N8O/c17-13(9-1-2-11-10(3-9)24-16(19)25-11)12-14(18)22-7-23-15(12)21-6-8-4-20-5-8/h1-3,7-8,17,20H,4-6H2,(H2,19,24)(H3,18,21,22,23)/p+1. The summed E-state index contributed by atoms with van der Waals surface area (Å²) < 4.78 is 5.27. The molecule has 9 heteroatoms. The average Bonchev–Trinajstić information content (AvgIpc) is 2.92. The molecule has 0 amide bonds. The number of fused-ring (bicyclic) bond motifs is 1. The Bertz CT molecular complexity index is 946. The van der Waals surface area contributed by atoms with Gasteiger partial charge in [0.1, 0.15) is 23.2 Å². The molecule has 3 aromatic rings. The summed E-state index contributed by atoms with van der Waals surface area (Å²) in [4.78, 5) is 12.5. The third-order valence-electron chi connectivity index (χ3n) is 4.36. The summed E-state index contributed by atoms with van der Waals surface area (Å²) in [7, 11) is 0. The molecule has 1 saturated heterocycles. The van der Waals surface area contributed by atoms with Crippen LogP contribution >= 0.6 is 0 Å². The number of quaternary nitrogens is 1. The highest BCUT2D eigenvalue weighted by molar-refractivity contribution is 6.16. The lowest BCUT2D eigenvalue weighted by molar-refractivity contribution is -0.583. The van der Waals surface area contributed by atoms with Gasteiger partial charge in [0.25, 0.3) is 6.01 Å². The van der Waals surface area contributed by atoms with Gasteiger partial charge >= 0.3 is 0 Å². The van der Waals surface area contributed by atoms with Gasteiger partial charge in [0.2, 0.25) is 5.82 Å². The van der Waals surface area contributed by atoms with Crippen LogP contribution in [0.5, 0.6) is 0 Å². The van der Waals surface area contributed by atoms with Gasteiger partial charge in [-0.15, -0.1) is 0 Å². The maximum absolute atomic E-state index is 8.60. The molecule has 0 spiro atoms. The highest BCUT2D eigenvalue weighted by Crippen LogP contribution is 2.23. The highest BCUT2D eigenvalue weighted by atomic mass is 16.4. The number of rotatable bonds is 5. The fraction of sp³-hybridized carbons (Fsp3) is 0.250. The van der Waals surface area contributed by atoms with E-state index >= 15 is 0 Å². The van der Waals surface area contributed by atoms with Crippen molar-refractivity contribution < 1.29 is 9.73 Å². The molecule has 25 heavy (non-hydrogen) atoms. The van der Waals surface area contributed by atoms with E-state index in [2.05, 4.69) is 20.3 Å².